The lowest BCUT2D eigenvalue weighted by Gasteiger charge is -2.38. The van der Waals surface area contributed by atoms with Crippen molar-refractivity contribution in [2.75, 3.05) is 11.1 Å². The zero-order chi connectivity index (χ0) is 24.7. The molecule has 6 nitrogen and oxygen atoms in total. The molecule has 2 heterocycles. The molecule has 1 aliphatic heterocycles. The molecule has 1 unspecified atom stereocenters. The van der Waals surface area contributed by atoms with Crippen molar-refractivity contribution in [2.24, 2.45) is 5.41 Å². The van der Waals surface area contributed by atoms with Crippen molar-refractivity contribution in [3.05, 3.63) is 74.9 Å². The summed E-state index contributed by atoms with van der Waals surface area (Å²) < 4.78 is 9.17. The van der Waals surface area contributed by atoms with Gasteiger partial charge in [-0.15, -0.1) is 5.10 Å². The number of thioether (sulfide) groups is 1. The number of anilines is 1. The van der Waals surface area contributed by atoms with Gasteiger partial charge in [0.05, 0.1) is 0 Å². The molecule has 2 aromatic carbocycles. The summed E-state index contributed by atoms with van der Waals surface area (Å²) in [5.41, 5.74) is 4.79. The Bertz CT molecular complexity index is 1330. The summed E-state index contributed by atoms with van der Waals surface area (Å²) in [5.74, 6) is 2.41. The van der Waals surface area contributed by atoms with Crippen LogP contribution < -0.4 is 10.1 Å². The van der Waals surface area contributed by atoms with Crippen molar-refractivity contribution in [3.8, 4) is 5.75 Å². The summed E-state index contributed by atoms with van der Waals surface area (Å²) in [7, 11) is 0. The molecule has 35 heavy (non-hydrogen) atoms. The minimum absolute atomic E-state index is 0.113. The molecule has 0 fully saturated rings. The summed E-state index contributed by atoms with van der Waals surface area (Å²) in [4.78, 5) is 18.3. The Morgan fingerprint density at radius 2 is 2.03 bits per heavy atom. The van der Waals surface area contributed by atoms with Crippen LogP contribution in [0.3, 0.4) is 0 Å². The molecule has 182 valence electrons. The number of hydrogen-bond acceptors (Lipinski definition) is 6. The lowest BCUT2D eigenvalue weighted by molar-refractivity contribution is -0.118. The van der Waals surface area contributed by atoms with Gasteiger partial charge < -0.3 is 10.1 Å². The fraction of sp³-hybridized carbons (Fsp3) is 0.370. The first-order chi connectivity index (χ1) is 16.8. The minimum Gasteiger partial charge on any atom is -0.489 e. The maximum atomic E-state index is 13.6. The molecule has 1 aromatic heterocycles. The quantitative estimate of drug-likeness (QED) is 0.343. The van der Waals surface area contributed by atoms with E-state index in [1.807, 2.05) is 35.0 Å². The van der Waals surface area contributed by atoms with Crippen LogP contribution >= 0.6 is 27.7 Å². The number of hydrogen-bond donors (Lipinski definition) is 1. The van der Waals surface area contributed by atoms with Gasteiger partial charge in [-0.1, -0.05) is 72.7 Å². The van der Waals surface area contributed by atoms with E-state index in [4.69, 9.17) is 14.8 Å². The molecule has 2 aliphatic rings. The lowest BCUT2D eigenvalue weighted by atomic mass is 9.73. The largest absolute Gasteiger partial charge is 0.489 e. The van der Waals surface area contributed by atoms with Gasteiger partial charge in [0.2, 0.25) is 11.1 Å². The summed E-state index contributed by atoms with van der Waals surface area (Å²) in [5, 5.41) is 8.96. The van der Waals surface area contributed by atoms with Crippen molar-refractivity contribution in [1.82, 2.24) is 14.8 Å². The van der Waals surface area contributed by atoms with Crippen LogP contribution in [0.25, 0.3) is 0 Å². The van der Waals surface area contributed by atoms with Crippen LogP contribution in [0.4, 0.5) is 5.95 Å². The maximum Gasteiger partial charge on any atom is 0.227 e. The SMILES string of the molecule is CCSc1nc2n(n1)C(c1cc(Br)ccc1OCc1ccccc1C)C1=C(CC(C)(C)CC1=O)N2. The Hall–Kier alpha value is -2.58. The fourth-order valence-corrected chi connectivity index (χ4v) is 5.79. The second-order valence-electron chi connectivity index (χ2n) is 9.85. The van der Waals surface area contributed by atoms with Gasteiger partial charge >= 0.3 is 0 Å². The van der Waals surface area contributed by atoms with Gasteiger partial charge in [0, 0.05) is 27.7 Å². The van der Waals surface area contributed by atoms with Gasteiger partial charge in [-0.3, -0.25) is 4.79 Å². The van der Waals surface area contributed by atoms with Crippen LogP contribution in [0.1, 0.15) is 56.3 Å². The van der Waals surface area contributed by atoms with E-state index in [9.17, 15) is 4.79 Å². The van der Waals surface area contributed by atoms with E-state index in [-0.39, 0.29) is 11.2 Å². The summed E-state index contributed by atoms with van der Waals surface area (Å²) in [6, 6.07) is 13.8. The number of carbonyl (C=O) groups is 1. The molecule has 5 rings (SSSR count). The molecule has 0 amide bonds. The van der Waals surface area contributed by atoms with Crippen LogP contribution in [-0.4, -0.2) is 26.3 Å². The summed E-state index contributed by atoms with van der Waals surface area (Å²) in [6.45, 7) is 8.89. The number of ether oxygens (including phenoxy) is 1. The Kier molecular flexibility index (Phi) is 6.53. The first-order valence-electron chi connectivity index (χ1n) is 11.8. The number of benzene rings is 2. The molecule has 3 aromatic rings. The zero-order valence-electron chi connectivity index (χ0n) is 20.4. The van der Waals surface area contributed by atoms with E-state index in [2.05, 4.69) is 61.1 Å². The maximum absolute atomic E-state index is 13.6. The first kappa shape index (κ1) is 24.1. The number of ketones is 1. The number of aryl methyl sites for hydroxylation is 1. The molecular weight excluding hydrogens is 524 g/mol. The molecule has 0 spiro atoms. The second-order valence-corrected chi connectivity index (χ2v) is 12.0. The molecule has 0 saturated heterocycles. The Morgan fingerprint density at radius 1 is 1.23 bits per heavy atom. The number of halogens is 1. The highest BCUT2D eigenvalue weighted by Crippen LogP contribution is 2.47. The van der Waals surface area contributed by atoms with Gasteiger partial charge in [-0.05, 0) is 53.8 Å². The normalized spacial score (nSPS) is 18.7. The van der Waals surface area contributed by atoms with Crippen LogP contribution in [0, 0.1) is 12.3 Å². The van der Waals surface area contributed by atoms with Crippen molar-refractivity contribution >= 4 is 39.4 Å². The van der Waals surface area contributed by atoms with E-state index < -0.39 is 6.04 Å². The smallest absolute Gasteiger partial charge is 0.227 e. The van der Waals surface area contributed by atoms with Crippen LogP contribution in [0.15, 0.2) is 63.4 Å². The average Bonchev–Trinajstić information content (AvgIpc) is 3.19. The number of carbonyl (C=O) groups excluding carboxylic acids is 1. The van der Waals surface area contributed by atoms with Crippen LogP contribution in [0.5, 0.6) is 5.75 Å². The average molecular weight is 554 g/mol. The van der Waals surface area contributed by atoms with Gasteiger partial charge in [0.15, 0.2) is 5.78 Å². The van der Waals surface area contributed by atoms with Gasteiger partial charge in [0.1, 0.15) is 18.4 Å². The number of fused-ring (bicyclic) bond motifs is 1. The highest BCUT2D eigenvalue weighted by molar-refractivity contribution is 9.10. The number of aromatic nitrogens is 3. The van der Waals surface area contributed by atoms with E-state index in [1.165, 1.54) is 5.56 Å². The predicted molar refractivity (Wildman–Crippen MR) is 143 cm³/mol. The standard InChI is InChI=1S/C27H29BrN4O2S/c1-5-35-26-30-25-29-20-13-27(3,4)14-21(33)23(20)24(32(25)31-26)19-12-18(28)10-11-22(19)34-15-17-9-7-6-8-16(17)2/h6-12,24H,5,13-15H2,1-4H3,(H,29,30,31). The number of Topliss-reactive ketones (excluding diaryl/α,β-unsaturated/α-hetero) is 1. The van der Waals surface area contributed by atoms with Gasteiger partial charge in [-0.25, -0.2) is 4.68 Å². The van der Waals surface area contributed by atoms with E-state index in [1.54, 1.807) is 11.8 Å². The van der Waals surface area contributed by atoms with E-state index in [0.29, 0.717) is 24.1 Å². The van der Waals surface area contributed by atoms with E-state index >= 15 is 0 Å². The van der Waals surface area contributed by atoms with Gasteiger partial charge in [0.25, 0.3) is 0 Å². The van der Waals surface area contributed by atoms with Crippen molar-refractivity contribution < 1.29 is 9.53 Å². The molecule has 1 N–H and O–H groups in total. The van der Waals surface area contributed by atoms with Crippen molar-refractivity contribution in [1.29, 1.82) is 0 Å². The molecule has 8 heteroatoms. The lowest BCUT2D eigenvalue weighted by Crippen LogP contribution is -2.36. The minimum atomic E-state index is -0.409. The second kappa shape index (κ2) is 9.47. The number of rotatable bonds is 6. The molecule has 0 radical (unpaired) electrons. The molecule has 1 atom stereocenters. The highest BCUT2D eigenvalue weighted by atomic mass is 79.9. The third-order valence-electron chi connectivity index (χ3n) is 6.50. The highest BCUT2D eigenvalue weighted by Gasteiger charge is 2.42. The number of nitrogens with zero attached hydrogens (tertiary/aromatic N) is 3. The Labute approximate surface area is 218 Å². The zero-order valence-corrected chi connectivity index (χ0v) is 22.8. The molecule has 0 saturated carbocycles. The van der Waals surface area contributed by atoms with E-state index in [0.717, 1.165) is 44.8 Å². The predicted octanol–water partition coefficient (Wildman–Crippen LogP) is 6.70. The molecular formula is C27H29BrN4O2S. The van der Waals surface area contributed by atoms with Crippen LogP contribution in [-0.2, 0) is 11.4 Å². The fourth-order valence-electron chi connectivity index (χ4n) is 4.86. The van der Waals surface area contributed by atoms with Crippen molar-refractivity contribution in [2.45, 2.75) is 58.3 Å². The summed E-state index contributed by atoms with van der Waals surface area (Å²) >= 11 is 5.23. The first-order valence-corrected chi connectivity index (χ1v) is 13.6. The topological polar surface area (TPSA) is 69.0 Å². The van der Waals surface area contributed by atoms with Crippen molar-refractivity contribution in [3.63, 3.8) is 0 Å². The molecule has 1 aliphatic carbocycles. The monoisotopic (exact) mass is 552 g/mol. The number of allylic oxidation sites excluding steroid dienone is 2. The molecule has 0 bridgehead atoms. The third-order valence-corrected chi connectivity index (χ3v) is 7.71. The number of nitrogens with one attached hydrogen (secondary N) is 1. The Morgan fingerprint density at radius 3 is 2.80 bits per heavy atom. The van der Waals surface area contributed by atoms with Crippen LogP contribution in [0.2, 0.25) is 0 Å². The Balaban J connectivity index is 1.62. The summed E-state index contributed by atoms with van der Waals surface area (Å²) in [6.07, 6.45) is 1.28. The third kappa shape index (κ3) is 4.78. The van der Waals surface area contributed by atoms with Gasteiger partial charge in [-0.2, -0.15) is 4.98 Å².